The molecule has 0 aromatic carbocycles. The zero-order valence-corrected chi connectivity index (χ0v) is 16.4. The minimum Gasteiger partial charge on any atom is -0.394 e. The van der Waals surface area contributed by atoms with Gasteiger partial charge in [-0.2, -0.15) is 0 Å². The summed E-state index contributed by atoms with van der Waals surface area (Å²) in [7, 11) is 0. The van der Waals surface area contributed by atoms with Gasteiger partial charge in [-0.25, -0.2) is 0 Å². The molecule has 6 N–H and O–H groups in total. The Kier molecular flexibility index (Phi) is 6.76. The zero-order valence-electron chi connectivity index (χ0n) is 16.4. The molecule has 0 aromatic rings. The van der Waals surface area contributed by atoms with Gasteiger partial charge in [-0.1, -0.05) is 26.0 Å². The number of rotatable bonds is 5. The Hall–Kier alpha value is -0.580. The van der Waals surface area contributed by atoms with E-state index < -0.39 is 60.0 Å². The fourth-order valence-corrected chi connectivity index (χ4v) is 4.21. The summed E-state index contributed by atoms with van der Waals surface area (Å²) in [6.07, 6.45) is -2.82. The largest absolute Gasteiger partial charge is 0.394 e. The van der Waals surface area contributed by atoms with Crippen LogP contribution in [0.15, 0.2) is 12.2 Å². The molecule has 2 aliphatic rings. The predicted octanol–water partition coefficient (Wildman–Crippen LogP) is -0.560. The van der Waals surface area contributed by atoms with Crippen molar-refractivity contribution in [3.63, 3.8) is 0 Å². The normalized spacial score (nSPS) is 46.5. The van der Waals surface area contributed by atoms with Gasteiger partial charge in [0.05, 0.1) is 12.7 Å². The summed E-state index contributed by atoms with van der Waals surface area (Å²) >= 11 is 0. The van der Waals surface area contributed by atoms with E-state index in [1.807, 2.05) is 13.8 Å². The van der Waals surface area contributed by atoms with E-state index in [1.165, 1.54) is 12.2 Å². The SMILES string of the molecule is CC(O)C=CC1(O)C(C)(C)CCCC1(C)OC1OC(CO)C(O)C(O)C1O. The molecule has 0 amide bonds. The minimum absolute atomic E-state index is 0.450. The maximum absolute atomic E-state index is 11.6. The monoisotopic (exact) mass is 390 g/mol. The molecule has 1 saturated carbocycles. The number of aliphatic hydroxyl groups is 6. The van der Waals surface area contributed by atoms with Crippen LogP contribution in [-0.2, 0) is 9.47 Å². The van der Waals surface area contributed by atoms with E-state index in [-0.39, 0.29) is 0 Å². The first-order valence-corrected chi connectivity index (χ1v) is 9.47. The molecule has 1 heterocycles. The highest BCUT2D eigenvalue weighted by molar-refractivity contribution is 5.21. The second kappa shape index (κ2) is 8.04. The van der Waals surface area contributed by atoms with Crippen molar-refractivity contribution in [2.75, 3.05) is 6.61 Å². The molecule has 1 aliphatic heterocycles. The summed E-state index contributed by atoms with van der Waals surface area (Å²) < 4.78 is 11.5. The number of ether oxygens (including phenoxy) is 2. The van der Waals surface area contributed by atoms with Crippen molar-refractivity contribution in [2.24, 2.45) is 5.41 Å². The Labute approximate surface area is 160 Å². The Morgan fingerprint density at radius 3 is 2.30 bits per heavy atom. The topological polar surface area (TPSA) is 140 Å². The van der Waals surface area contributed by atoms with Crippen molar-refractivity contribution in [1.82, 2.24) is 0 Å². The molecular weight excluding hydrogens is 356 g/mol. The van der Waals surface area contributed by atoms with Gasteiger partial charge in [0.1, 0.15) is 35.6 Å². The van der Waals surface area contributed by atoms with Gasteiger partial charge in [-0.3, -0.25) is 0 Å². The van der Waals surface area contributed by atoms with Crippen LogP contribution in [0.1, 0.15) is 47.0 Å². The van der Waals surface area contributed by atoms with Gasteiger partial charge in [0.25, 0.3) is 0 Å². The summed E-state index contributed by atoms with van der Waals surface area (Å²) in [5, 5.41) is 60.9. The van der Waals surface area contributed by atoms with Gasteiger partial charge in [-0.15, -0.1) is 0 Å². The first-order valence-electron chi connectivity index (χ1n) is 9.47. The lowest BCUT2D eigenvalue weighted by molar-refractivity contribution is -0.352. The Balaban J connectivity index is 2.35. The zero-order chi connectivity index (χ0) is 20.6. The smallest absolute Gasteiger partial charge is 0.187 e. The van der Waals surface area contributed by atoms with Crippen LogP contribution in [0.5, 0.6) is 0 Å². The Morgan fingerprint density at radius 1 is 1.11 bits per heavy atom. The van der Waals surface area contributed by atoms with Crippen molar-refractivity contribution in [2.45, 2.75) is 95.0 Å². The van der Waals surface area contributed by atoms with Crippen molar-refractivity contribution in [3.8, 4) is 0 Å². The van der Waals surface area contributed by atoms with Gasteiger partial charge in [0.15, 0.2) is 6.29 Å². The number of hydrogen-bond acceptors (Lipinski definition) is 8. The Morgan fingerprint density at radius 2 is 1.74 bits per heavy atom. The van der Waals surface area contributed by atoms with Crippen LogP contribution in [0.25, 0.3) is 0 Å². The molecule has 1 aliphatic carbocycles. The van der Waals surface area contributed by atoms with Gasteiger partial charge >= 0.3 is 0 Å². The second-order valence-electron chi connectivity index (χ2n) is 8.65. The lowest BCUT2D eigenvalue weighted by atomic mass is 9.58. The summed E-state index contributed by atoms with van der Waals surface area (Å²) in [4.78, 5) is 0. The van der Waals surface area contributed by atoms with Crippen LogP contribution in [-0.4, -0.2) is 85.3 Å². The fraction of sp³-hybridized carbons (Fsp3) is 0.895. The third-order valence-corrected chi connectivity index (χ3v) is 6.13. The van der Waals surface area contributed by atoms with E-state index in [4.69, 9.17) is 9.47 Å². The van der Waals surface area contributed by atoms with Crippen LogP contribution in [0.2, 0.25) is 0 Å². The van der Waals surface area contributed by atoms with E-state index in [2.05, 4.69) is 0 Å². The molecule has 8 nitrogen and oxygen atoms in total. The van der Waals surface area contributed by atoms with E-state index in [9.17, 15) is 30.6 Å². The third-order valence-electron chi connectivity index (χ3n) is 6.13. The van der Waals surface area contributed by atoms with E-state index in [0.717, 1.165) is 12.8 Å². The van der Waals surface area contributed by atoms with Gasteiger partial charge in [-0.05, 0) is 38.5 Å². The van der Waals surface area contributed by atoms with Crippen molar-refractivity contribution >= 4 is 0 Å². The first-order chi connectivity index (χ1) is 12.4. The Bertz CT molecular complexity index is 534. The lowest BCUT2D eigenvalue weighted by Crippen LogP contribution is -2.67. The van der Waals surface area contributed by atoms with E-state index in [0.29, 0.717) is 6.42 Å². The maximum Gasteiger partial charge on any atom is 0.187 e. The molecule has 0 spiro atoms. The van der Waals surface area contributed by atoms with Gasteiger partial charge in [0.2, 0.25) is 0 Å². The lowest BCUT2D eigenvalue weighted by Gasteiger charge is -2.57. The molecule has 8 heteroatoms. The van der Waals surface area contributed by atoms with Gasteiger partial charge in [0, 0.05) is 0 Å². The summed E-state index contributed by atoms with van der Waals surface area (Å²) in [5.41, 5.74) is -3.29. The van der Waals surface area contributed by atoms with Crippen LogP contribution in [0.4, 0.5) is 0 Å². The summed E-state index contributed by atoms with van der Waals surface area (Å²) in [5.74, 6) is 0. The fourth-order valence-electron chi connectivity index (χ4n) is 4.21. The van der Waals surface area contributed by atoms with Crippen molar-refractivity contribution < 1.29 is 40.1 Å². The van der Waals surface area contributed by atoms with Crippen LogP contribution in [0, 0.1) is 5.41 Å². The third kappa shape index (κ3) is 4.09. The van der Waals surface area contributed by atoms with Crippen LogP contribution >= 0.6 is 0 Å². The minimum atomic E-state index is -1.55. The molecule has 8 atom stereocenters. The van der Waals surface area contributed by atoms with Crippen molar-refractivity contribution in [3.05, 3.63) is 12.2 Å². The van der Waals surface area contributed by atoms with Gasteiger partial charge < -0.3 is 40.1 Å². The molecule has 158 valence electrons. The second-order valence-corrected chi connectivity index (χ2v) is 8.65. The molecular formula is C19H34O8. The van der Waals surface area contributed by atoms with Crippen LogP contribution < -0.4 is 0 Å². The number of aliphatic hydroxyl groups excluding tert-OH is 5. The maximum atomic E-state index is 11.6. The average Bonchev–Trinajstić information content (AvgIpc) is 2.58. The molecule has 0 radical (unpaired) electrons. The molecule has 2 fully saturated rings. The summed E-state index contributed by atoms with van der Waals surface area (Å²) in [6.45, 7) is 6.51. The highest BCUT2D eigenvalue weighted by atomic mass is 16.7. The average molecular weight is 390 g/mol. The predicted molar refractivity (Wildman–Crippen MR) is 96.7 cm³/mol. The molecule has 1 saturated heterocycles. The standard InChI is InChI=1S/C19H34O8/c1-11(21)6-9-19(25)17(2,3)7-5-8-18(19,4)27-16-15(24)14(23)13(22)12(10-20)26-16/h6,9,11-16,20-25H,5,7-8,10H2,1-4H3. The highest BCUT2D eigenvalue weighted by Gasteiger charge is 2.60. The molecule has 0 aromatic heterocycles. The highest BCUT2D eigenvalue weighted by Crippen LogP contribution is 2.52. The van der Waals surface area contributed by atoms with Crippen LogP contribution in [0.3, 0.4) is 0 Å². The van der Waals surface area contributed by atoms with E-state index >= 15 is 0 Å². The quantitative estimate of drug-likeness (QED) is 0.343. The summed E-state index contributed by atoms with van der Waals surface area (Å²) in [6, 6.07) is 0. The van der Waals surface area contributed by atoms with E-state index in [1.54, 1.807) is 13.8 Å². The molecule has 8 unspecified atom stereocenters. The molecule has 0 bridgehead atoms. The number of hydrogen-bond donors (Lipinski definition) is 6. The molecule has 2 rings (SSSR count). The first kappa shape index (κ1) is 22.7. The van der Waals surface area contributed by atoms with Crippen molar-refractivity contribution in [1.29, 1.82) is 0 Å². The molecule has 27 heavy (non-hydrogen) atoms.